The van der Waals surface area contributed by atoms with Gasteiger partial charge in [0.15, 0.2) is 0 Å². The molecule has 1 heterocycles. The monoisotopic (exact) mass is 379 g/mol. The maximum Gasteiger partial charge on any atom is 0.275 e. The van der Waals surface area contributed by atoms with Crippen LogP contribution in [0.5, 0.6) is 5.75 Å². The van der Waals surface area contributed by atoms with Crippen molar-refractivity contribution in [1.29, 1.82) is 0 Å². The number of rotatable bonds is 6. The average Bonchev–Trinajstić information content (AvgIpc) is 2.92. The molecule has 6 nitrogen and oxygen atoms in total. The number of anilines is 1. The summed E-state index contributed by atoms with van der Waals surface area (Å²) in [5.41, 5.74) is 2.18. The number of methoxy groups -OCH3 is 1. The number of amides is 2. The highest BCUT2D eigenvalue weighted by Crippen LogP contribution is 2.27. The normalized spacial score (nSPS) is 15.4. The molecule has 1 aliphatic heterocycles. The Morgan fingerprint density at radius 3 is 2.32 bits per heavy atom. The molecule has 1 N–H and O–H groups in total. The second-order valence-electron chi connectivity index (χ2n) is 7.17. The molecule has 0 bridgehead atoms. The summed E-state index contributed by atoms with van der Waals surface area (Å²) in [5, 5.41) is 2.85. The summed E-state index contributed by atoms with van der Waals surface area (Å²) in [5.74, 6) is 0.197. The lowest BCUT2D eigenvalue weighted by Crippen LogP contribution is -2.46. The Bertz CT molecular complexity index is 900. The molecule has 0 radical (unpaired) electrons. The largest absolute Gasteiger partial charge is 0.497 e. The molecule has 0 unspecified atom stereocenters. The van der Waals surface area contributed by atoms with Gasteiger partial charge in [0.2, 0.25) is 5.91 Å². The molecule has 0 atom stereocenters. The first-order valence-corrected chi connectivity index (χ1v) is 9.29. The van der Waals surface area contributed by atoms with Crippen molar-refractivity contribution >= 4 is 23.2 Å². The summed E-state index contributed by atoms with van der Waals surface area (Å²) in [6.45, 7) is 5.66. The number of carbonyl (C=O) groups excluding carboxylic acids is 2. The number of hydrogen-bond donors (Lipinski definition) is 1. The number of aliphatic imine (C=N–C) groups is 1. The van der Waals surface area contributed by atoms with Gasteiger partial charge in [-0.05, 0) is 62.2 Å². The third kappa shape index (κ3) is 4.06. The van der Waals surface area contributed by atoms with Crippen molar-refractivity contribution < 1.29 is 14.3 Å². The molecule has 0 aliphatic carbocycles. The van der Waals surface area contributed by atoms with Gasteiger partial charge in [-0.1, -0.05) is 19.1 Å². The minimum atomic E-state index is -0.796. The highest BCUT2D eigenvalue weighted by molar-refractivity contribution is 6.47. The molecule has 28 heavy (non-hydrogen) atoms. The molecule has 2 amide bonds. The number of ether oxygens (including phenoxy) is 1. The molecule has 146 valence electrons. The van der Waals surface area contributed by atoms with Crippen LogP contribution < -0.4 is 10.1 Å². The first kappa shape index (κ1) is 19.6. The lowest BCUT2D eigenvalue weighted by molar-refractivity contribution is -0.131. The van der Waals surface area contributed by atoms with Crippen molar-refractivity contribution in [2.45, 2.75) is 32.9 Å². The summed E-state index contributed by atoms with van der Waals surface area (Å²) in [6, 6.07) is 14.9. The molecule has 0 spiro atoms. The average molecular weight is 379 g/mol. The van der Waals surface area contributed by atoms with Crippen molar-refractivity contribution in [3.05, 3.63) is 59.7 Å². The zero-order valence-corrected chi connectivity index (χ0v) is 16.7. The van der Waals surface area contributed by atoms with Gasteiger partial charge in [-0.3, -0.25) is 14.6 Å². The second kappa shape index (κ2) is 7.84. The Morgan fingerprint density at radius 1 is 1.11 bits per heavy atom. The molecule has 0 saturated carbocycles. The Labute approximate surface area is 165 Å². The van der Waals surface area contributed by atoms with Crippen LogP contribution in [0.2, 0.25) is 0 Å². The molecule has 0 saturated heterocycles. The van der Waals surface area contributed by atoms with E-state index >= 15 is 0 Å². The zero-order valence-electron chi connectivity index (χ0n) is 16.7. The molecule has 6 heteroatoms. The quantitative estimate of drug-likeness (QED) is 0.837. The van der Waals surface area contributed by atoms with Gasteiger partial charge in [0.25, 0.3) is 5.91 Å². The van der Waals surface area contributed by atoms with Crippen LogP contribution in [0.1, 0.15) is 31.9 Å². The van der Waals surface area contributed by atoms with E-state index in [1.807, 2.05) is 38.1 Å². The van der Waals surface area contributed by atoms with Crippen molar-refractivity contribution in [2.24, 2.45) is 4.99 Å². The number of nitrogens with one attached hydrogen (secondary N) is 1. The van der Waals surface area contributed by atoms with Gasteiger partial charge in [-0.2, -0.15) is 0 Å². The Hall–Kier alpha value is -3.15. The van der Waals surface area contributed by atoms with E-state index in [-0.39, 0.29) is 18.4 Å². The fraction of sp³-hybridized carbons (Fsp3) is 0.318. The zero-order chi connectivity index (χ0) is 20.3. The molecule has 1 aliphatic rings. The predicted octanol–water partition coefficient (Wildman–Crippen LogP) is 3.26. The topological polar surface area (TPSA) is 71.0 Å². The number of hydrogen-bond acceptors (Lipinski definition) is 4. The van der Waals surface area contributed by atoms with Crippen molar-refractivity contribution in [3.8, 4) is 5.75 Å². The van der Waals surface area contributed by atoms with E-state index in [1.54, 1.807) is 31.4 Å². The standard InChI is InChI=1S/C22H25N3O3/c1-5-15-6-10-17(11-7-15)23-19(26)14-25-21(27)20(24-22(25,2)3)16-8-12-18(28-4)13-9-16/h6-13H,5,14H2,1-4H3,(H,23,26). The van der Waals surface area contributed by atoms with Gasteiger partial charge >= 0.3 is 0 Å². The molecule has 2 aromatic rings. The third-order valence-electron chi connectivity index (χ3n) is 4.80. The van der Waals surface area contributed by atoms with E-state index in [1.165, 1.54) is 10.5 Å². The number of aryl methyl sites for hydroxylation is 1. The van der Waals surface area contributed by atoms with Crippen molar-refractivity contribution in [3.63, 3.8) is 0 Å². The molecule has 0 aromatic heterocycles. The fourth-order valence-corrected chi connectivity index (χ4v) is 3.13. The van der Waals surface area contributed by atoms with Gasteiger partial charge in [0, 0.05) is 11.3 Å². The van der Waals surface area contributed by atoms with E-state index < -0.39 is 5.66 Å². The first-order valence-electron chi connectivity index (χ1n) is 9.29. The highest BCUT2D eigenvalue weighted by Gasteiger charge is 2.41. The SMILES string of the molecule is CCc1ccc(NC(=O)CN2C(=O)C(c3ccc(OC)cc3)=NC2(C)C)cc1. The van der Waals surface area contributed by atoms with Gasteiger partial charge in [-0.15, -0.1) is 0 Å². The lowest BCUT2D eigenvalue weighted by atomic mass is 10.1. The van der Waals surface area contributed by atoms with E-state index in [2.05, 4.69) is 17.2 Å². The third-order valence-corrected chi connectivity index (χ3v) is 4.80. The maximum absolute atomic E-state index is 12.9. The van der Waals surface area contributed by atoms with Crippen LogP contribution in [0.4, 0.5) is 5.69 Å². The van der Waals surface area contributed by atoms with E-state index in [4.69, 9.17) is 4.74 Å². The second-order valence-corrected chi connectivity index (χ2v) is 7.17. The smallest absolute Gasteiger partial charge is 0.275 e. The molecule has 3 rings (SSSR count). The van der Waals surface area contributed by atoms with Crippen LogP contribution in [0, 0.1) is 0 Å². The van der Waals surface area contributed by atoms with Crippen LogP contribution in [0.3, 0.4) is 0 Å². The van der Waals surface area contributed by atoms with Crippen molar-refractivity contribution in [1.82, 2.24) is 4.90 Å². The van der Waals surface area contributed by atoms with Crippen LogP contribution >= 0.6 is 0 Å². The van der Waals surface area contributed by atoms with Gasteiger partial charge < -0.3 is 15.0 Å². The minimum absolute atomic E-state index is 0.0650. The van der Waals surface area contributed by atoms with E-state index in [0.717, 1.165) is 6.42 Å². The minimum Gasteiger partial charge on any atom is -0.497 e. The van der Waals surface area contributed by atoms with Crippen LogP contribution in [0.25, 0.3) is 0 Å². The van der Waals surface area contributed by atoms with E-state index in [9.17, 15) is 9.59 Å². The van der Waals surface area contributed by atoms with Gasteiger partial charge in [0.1, 0.15) is 23.7 Å². The Balaban J connectivity index is 1.71. The van der Waals surface area contributed by atoms with Crippen molar-refractivity contribution in [2.75, 3.05) is 19.0 Å². The number of nitrogens with zero attached hydrogens (tertiary/aromatic N) is 2. The number of carbonyl (C=O) groups is 2. The molecular weight excluding hydrogens is 354 g/mol. The molecular formula is C22H25N3O3. The number of benzene rings is 2. The van der Waals surface area contributed by atoms with Crippen LogP contribution in [-0.4, -0.2) is 41.7 Å². The van der Waals surface area contributed by atoms with Crippen LogP contribution in [-0.2, 0) is 16.0 Å². The Morgan fingerprint density at radius 2 is 1.75 bits per heavy atom. The fourth-order valence-electron chi connectivity index (χ4n) is 3.13. The summed E-state index contributed by atoms with van der Waals surface area (Å²) >= 11 is 0. The summed E-state index contributed by atoms with van der Waals surface area (Å²) in [4.78, 5) is 31.5. The highest BCUT2D eigenvalue weighted by atomic mass is 16.5. The van der Waals surface area contributed by atoms with Crippen LogP contribution in [0.15, 0.2) is 53.5 Å². The molecule has 0 fully saturated rings. The summed E-state index contributed by atoms with van der Waals surface area (Å²) in [7, 11) is 1.59. The van der Waals surface area contributed by atoms with E-state index in [0.29, 0.717) is 22.7 Å². The van der Waals surface area contributed by atoms with Gasteiger partial charge in [-0.25, -0.2) is 0 Å². The predicted molar refractivity (Wildman–Crippen MR) is 110 cm³/mol. The maximum atomic E-state index is 12.9. The first-order chi connectivity index (χ1) is 13.3. The summed E-state index contributed by atoms with van der Waals surface area (Å²) in [6.07, 6.45) is 0.941. The lowest BCUT2D eigenvalue weighted by Gasteiger charge is -2.28. The van der Waals surface area contributed by atoms with Gasteiger partial charge in [0.05, 0.1) is 7.11 Å². The molecule has 2 aromatic carbocycles. The Kier molecular flexibility index (Phi) is 5.49. The summed E-state index contributed by atoms with van der Waals surface area (Å²) < 4.78 is 5.16.